The van der Waals surface area contributed by atoms with E-state index in [4.69, 9.17) is 0 Å². The maximum absolute atomic E-state index is 11.3. The fourth-order valence-electron chi connectivity index (χ4n) is 2.56. The van der Waals surface area contributed by atoms with Crippen LogP contribution in [0.15, 0.2) is 10.9 Å². The van der Waals surface area contributed by atoms with Crippen molar-refractivity contribution >= 4 is 5.82 Å². The number of hydrogen-bond donors (Lipinski definition) is 2. The molecule has 5 heteroatoms. The summed E-state index contributed by atoms with van der Waals surface area (Å²) in [7, 11) is 2.17. The van der Waals surface area contributed by atoms with Crippen LogP contribution in [-0.4, -0.2) is 41.0 Å². The lowest BCUT2D eigenvalue weighted by Crippen LogP contribution is -2.33. The van der Waals surface area contributed by atoms with Crippen molar-refractivity contribution < 1.29 is 0 Å². The normalized spacial score (nSPS) is 16.4. The molecule has 1 aromatic rings. The molecule has 0 aromatic carbocycles. The third-order valence-corrected chi connectivity index (χ3v) is 3.58. The molecular formula is C13H22N4O. The summed E-state index contributed by atoms with van der Waals surface area (Å²) in [5, 5.41) is 3.21. The van der Waals surface area contributed by atoms with E-state index in [0.717, 1.165) is 19.1 Å². The van der Waals surface area contributed by atoms with E-state index in [-0.39, 0.29) is 5.56 Å². The summed E-state index contributed by atoms with van der Waals surface area (Å²) in [5.74, 6) is 1.31. The minimum Gasteiger partial charge on any atom is -0.369 e. The van der Waals surface area contributed by atoms with Crippen LogP contribution in [0.25, 0.3) is 0 Å². The summed E-state index contributed by atoms with van der Waals surface area (Å²) in [6.07, 6.45) is 5.35. The molecule has 0 radical (unpaired) electrons. The molecule has 1 fully saturated rings. The molecule has 1 heterocycles. The van der Waals surface area contributed by atoms with Crippen molar-refractivity contribution in [2.75, 3.05) is 25.5 Å². The van der Waals surface area contributed by atoms with Crippen LogP contribution in [0.5, 0.6) is 0 Å². The lowest BCUT2D eigenvalue weighted by Gasteiger charge is -2.24. The molecular weight excluding hydrogens is 228 g/mol. The van der Waals surface area contributed by atoms with Crippen LogP contribution in [0.1, 0.15) is 31.5 Å². The van der Waals surface area contributed by atoms with E-state index in [0.29, 0.717) is 11.6 Å². The first-order valence-corrected chi connectivity index (χ1v) is 6.67. The predicted octanol–water partition coefficient (Wildman–Crippen LogP) is 1.36. The molecule has 5 nitrogen and oxygen atoms in total. The number of hydrogen-bond acceptors (Lipinski definition) is 4. The van der Waals surface area contributed by atoms with Crippen molar-refractivity contribution in [3.8, 4) is 0 Å². The Balaban J connectivity index is 1.79. The summed E-state index contributed by atoms with van der Waals surface area (Å²) < 4.78 is 0. The molecule has 0 unspecified atom stereocenters. The summed E-state index contributed by atoms with van der Waals surface area (Å²) in [4.78, 5) is 20.6. The van der Waals surface area contributed by atoms with Gasteiger partial charge >= 0.3 is 0 Å². The predicted molar refractivity (Wildman–Crippen MR) is 73.0 cm³/mol. The van der Waals surface area contributed by atoms with Gasteiger partial charge in [0, 0.05) is 25.2 Å². The first-order chi connectivity index (χ1) is 8.65. The zero-order valence-electron chi connectivity index (χ0n) is 11.2. The fraction of sp³-hybridized carbons (Fsp3) is 0.692. The van der Waals surface area contributed by atoms with Crippen molar-refractivity contribution in [2.24, 2.45) is 0 Å². The van der Waals surface area contributed by atoms with Crippen LogP contribution in [0.4, 0.5) is 5.82 Å². The number of H-pyrrole nitrogens is 1. The molecule has 0 bridgehead atoms. The lowest BCUT2D eigenvalue weighted by molar-refractivity contribution is 0.254. The van der Waals surface area contributed by atoms with Crippen LogP contribution in [0.2, 0.25) is 0 Å². The van der Waals surface area contributed by atoms with Gasteiger partial charge in [-0.2, -0.15) is 0 Å². The van der Waals surface area contributed by atoms with Crippen LogP contribution in [-0.2, 0) is 0 Å². The van der Waals surface area contributed by atoms with E-state index in [1.54, 1.807) is 6.92 Å². The maximum atomic E-state index is 11.3. The molecule has 2 rings (SSSR count). The standard InChI is InChI=1S/C13H22N4O/c1-10-15-12(9-13(18)16-10)14-7-8-17(2)11-5-3-4-6-11/h9,11H,3-8H2,1-2H3,(H2,14,15,16,18). The molecule has 1 aliphatic rings. The van der Waals surface area contributed by atoms with Crippen LogP contribution in [0.3, 0.4) is 0 Å². The molecule has 1 aliphatic carbocycles. The van der Waals surface area contributed by atoms with Gasteiger partial charge in [0.05, 0.1) is 0 Å². The number of aryl methyl sites for hydroxylation is 1. The fourth-order valence-corrected chi connectivity index (χ4v) is 2.56. The Labute approximate surface area is 108 Å². The molecule has 18 heavy (non-hydrogen) atoms. The minimum atomic E-state index is -0.103. The maximum Gasteiger partial charge on any atom is 0.252 e. The second kappa shape index (κ2) is 6.00. The second-order valence-electron chi connectivity index (χ2n) is 5.06. The quantitative estimate of drug-likeness (QED) is 0.828. The topological polar surface area (TPSA) is 61.0 Å². The van der Waals surface area contributed by atoms with E-state index < -0.39 is 0 Å². The molecule has 0 saturated heterocycles. The zero-order chi connectivity index (χ0) is 13.0. The van der Waals surface area contributed by atoms with E-state index in [2.05, 4.69) is 27.2 Å². The average molecular weight is 250 g/mol. The number of anilines is 1. The first-order valence-electron chi connectivity index (χ1n) is 6.67. The highest BCUT2D eigenvalue weighted by molar-refractivity contribution is 5.32. The van der Waals surface area contributed by atoms with E-state index in [9.17, 15) is 4.79 Å². The Morgan fingerprint density at radius 1 is 1.50 bits per heavy atom. The van der Waals surface area contributed by atoms with Crippen molar-refractivity contribution in [2.45, 2.75) is 38.6 Å². The Bertz CT molecular complexity index is 437. The van der Waals surface area contributed by atoms with E-state index >= 15 is 0 Å². The van der Waals surface area contributed by atoms with Gasteiger partial charge in [0.2, 0.25) is 0 Å². The van der Waals surface area contributed by atoms with E-state index in [1.807, 2.05) is 0 Å². The number of nitrogens with one attached hydrogen (secondary N) is 2. The van der Waals surface area contributed by atoms with Gasteiger partial charge in [-0.05, 0) is 26.8 Å². The summed E-state index contributed by atoms with van der Waals surface area (Å²) in [5.41, 5.74) is -0.103. The van der Waals surface area contributed by atoms with Crippen molar-refractivity contribution in [3.63, 3.8) is 0 Å². The van der Waals surface area contributed by atoms with Crippen LogP contribution in [0, 0.1) is 6.92 Å². The largest absolute Gasteiger partial charge is 0.369 e. The molecule has 0 amide bonds. The Morgan fingerprint density at radius 2 is 2.22 bits per heavy atom. The van der Waals surface area contributed by atoms with Gasteiger partial charge in [-0.3, -0.25) is 4.79 Å². The van der Waals surface area contributed by atoms with Gasteiger partial charge in [-0.1, -0.05) is 12.8 Å². The van der Waals surface area contributed by atoms with Crippen molar-refractivity contribution in [1.82, 2.24) is 14.9 Å². The number of aromatic nitrogens is 2. The van der Waals surface area contributed by atoms with Gasteiger partial charge in [0.25, 0.3) is 5.56 Å². The summed E-state index contributed by atoms with van der Waals surface area (Å²) >= 11 is 0. The van der Waals surface area contributed by atoms with E-state index in [1.165, 1.54) is 31.7 Å². The van der Waals surface area contributed by atoms with Gasteiger partial charge in [0.1, 0.15) is 11.6 Å². The lowest BCUT2D eigenvalue weighted by atomic mass is 10.2. The average Bonchev–Trinajstić information content (AvgIpc) is 2.80. The van der Waals surface area contributed by atoms with Gasteiger partial charge in [0.15, 0.2) is 0 Å². The molecule has 0 atom stereocenters. The molecule has 1 aromatic heterocycles. The highest BCUT2D eigenvalue weighted by Crippen LogP contribution is 2.21. The molecule has 1 saturated carbocycles. The highest BCUT2D eigenvalue weighted by atomic mass is 16.1. The Kier molecular flexibility index (Phi) is 4.36. The smallest absolute Gasteiger partial charge is 0.252 e. The van der Waals surface area contributed by atoms with Gasteiger partial charge < -0.3 is 15.2 Å². The third kappa shape index (κ3) is 3.57. The molecule has 0 aliphatic heterocycles. The minimum absolute atomic E-state index is 0.103. The van der Waals surface area contributed by atoms with Gasteiger partial charge in [-0.15, -0.1) is 0 Å². The summed E-state index contributed by atoms with van der Waals surface area (Å²) in [6.45, 7) is 3.60. The number of likely N-dealkylation sites (N-methyl/N-ethyl adjacent to an activating group) is 1. The highest BCUT2D eigenvalue weighted by Gasteiger charge is 2.18. The molecule has 0 spiro atoms. The number of rotatable bonds is 5. The zero-order valence-corrected chi connectivity index (χ0v) is 11.2. The van der Waals surface area contributed by atoms with Crippen molar-refractivity contribution in [1.29, 1.82) is 0 Å². The Morgan fingerprint density at radius 3 is 2.89 bits per heavy atom. The SMILES string of the molecule is Cc1nc(NCCN(C)C2CCCC2)cc(=O)[nH]1. The third-order valence-electron chi connectivity index (χ3n) is 3.58. The van der Waals surface area contributed by atoms with Crippen molar-refractivity contribution in [3.05, 3.63) is 22.2 Å². The molecule has 2 N–H and O–H groups in total. The number of nitrogens with zero attached hydrogens (tertiary/aromatic N) is 2. The van der Waals surface area contributed by atoms with Crippen LogP contribution >= 0.6 is 0 Å². The monoisotopic (exact) mass is 250 g/mol. The van der Waals surface area contributed by atoms with Gasteiger partial charge in [-0.25, -0.2) is 4.98 Å². The van der Waals surface area contributed by atoms with Crippen LogP contribution < -0.4 is 10.9 Å². The molecule has 100 valence electrons. The Hall–Kier alpha value is -1.36. The summed E-state index contributed by atoms with van der Waals surface area (Å²) in [6, 6.07) is 2.24. The first kappa shape index (κ1) is 13.1. The second-order valence-corrected chi connectivity index (χ2v) is 5.06. The number of aromatic amines is 1.